The Hall–Kier alpha value is 0.120. The lowest BCUT2D eigenvalue weighted by atomic mass is 10.9. The molecule has 0 unspecified atom stereocenters. The summed E-state index contributed by atoms with van der Waals surface area (Å²) in [7, 11) is 0.0474. The molecule has 0 spiro atoms. The molecule has 0 bridgehead atoms. The van der Waals surface area contributed by atoms with Crippen molar-refractivity contribution in [3.8, 4) is 0 Å². The maximum absolute atomic E-state index is 10.2. The van der Waals surface area contributed by atoms with Gasteiger partial charge in [-0.05, 0) is 6.92 Å². The van der Waals surface area contributed by atoms with E-state index in [-0.39, 0.29) is 6.61 Å². The number of ether oxygens (including phenoxy) is 1. The second-order valence-electron chi connectivity index (χ2n) is 1.42. The Labute approximate surface area is 62.6 Å². The molecule has 0 atom stereocenters. The fraction of sp³-hybridized carbons (Fsp3) is 1.00. The van der Waals surface area contributed by atoms with Crippen LogP contribution < -0.4 is 0 Å². The molecule has 5 nitrogen and oxygen atoms in total. The fourth-order valence-electron chi connectivity index (χ4n) is 0.258. The van der Waals surface area contributed by atoms with Crippen LogP contribution >= 0.6 is 10.7 Å². The Balaban J connectivity index is 4.42. The zero-order chi connectivity index (χ0) is 8.41. The zero-order valence-electron chi connectivity index (χ0n) is 5.11. The van der Waals surface area contributed by atoms with E-state index in [1.807, 2.05) is 0 Å². The van der Waals surface area contributed by atoms with Gasteiger partial charge in [0.1, 0.15) is 0 Å². The molecule has 10 heavy (non-hydrogen) atoms. The highest BCUT2D eigenvalue weighted by molar-refractivity contribution is 8.14. The topological polar surface area (TPSA) is 83.8 Å². The summed E-state index contributed by atoms with van der Waals surface area (Å²) in [5.74, 6) is 0. The van der Waals surface area contributed by atoms with Crippen LogP contribution in [0.1, 0.15) is 6.92 Å². The van der Waals surface area contributed by atoms with E-state index in [0.717, 1.165) is 0 Å². The Morgan fingerprint density at radius 2 is 2.00 bits per heavy atom. The van der Waals surface area contributed by atoms with Crippen molar-refractivity contribution in [2.75, 3.05) is 6.61 Å². The third kappa shape index (κ3) is 2.39. The maximum atomic E-state index is 10.2. The van der Waals surface area contributed by atoms with E-state index in [0.29, 0.717) is 0 Å². The molecule has 0 saturated carbocycles. The number of rotatable bonds is 3. The summed E-state index contributed by atoms with van der Waals surface area (Å²) in [6.07, 6.45) is 0. The Kier molecular flexibility index (Phi) is 3.05. The van der Waals surface area contributed by atoms with Crippen LogP contribution in [0.2, 0.25) is 0 Å². The van der Waals surface area contributed by atoms with Crippen molar-refractivity contribution in [3.63, 3.8) is 0 Å². The highest BCUT2D eigenvalue weighted by Crippen LogP contribution is 2.15. The van der Waals surface area contributed by atoms with Crippen LogP contribution in [-0.4, -0.2) is 30.5 Å². The summed E-state index contributed by atoms with van der Waals surface area (Å²) >= 11 is 0. The first-order valence-electron chi connectivity index (χ1n) is 2.34. The van der Waals surface area contributed by atoms with Crippen molar-refractivity contribution in [1.29, 1.82) is 0 Å². The molecule has 0 heterocycles. The Morgan fingerprint density at radius 1 is 1.60 bits per heavy atom. The molecule has 0 radical (unpaired) electrons. The summed E-state index contributed by atoms with van der Waals surface area (Å²) < 4.78 is 24.4. The van der Waals surface area contributed by atoms with E-state index in [1.165, 1.54) is 6.92 Å². The third-order valence-electron chi connectivity index (χ3n) is 0.650. The minimum atomic E-state index is -4.50. The van der Waals surface area contributed by atoms with Crippen molar-refractivity contribution in [1.82, 2.24) is 0 Å². The number of halogens is 1. The van der Waals surface area contributed by atoms with E-state index in [1.54, 1.807) is 0 Å². The van der Waals surface area contributed by atoms with Crippen molar-refractivity contribution in [2.24, 2.45) is 0 Å². The zero-order valence-corrected chi connectivity index (χ0v) is 6.68. The molecule has 0 fully saturated rings. The first kappa shape index (κ1) is 10.1. The number of hydrogen-bond donors (Lipinski definition) is 2. The highest BCUT2D eigenvalue weighted by Gasteiger charge is 2.39. The summed E-state index contributed by atoms with van der Waals surface area (Å²) in [5, 5.41) is 13.7. The molecule has 0 saturated heterocycles. The maximum Gasteiger partial charge on any atom is 0.403 e. The normalized spacial score (nSPS) is 13.6. The standard InChI is InChI=1S/C3H7ClO5S/c1-2-9-3(5,6)10(4,7)8/h5-6H,2H2,1H3. The van der Waals surface area contributed by atoms with Crippen LogP contribution in [0.15, 0.2) is 0 Å². The van der Waals surface area contributed by atoms with Gasteiger partial charge in [-0.15, -0.1) is 0 Å². The van der Waals surface area contributed by atoms with Crippen molar-refractivity contribution < 1.29 is 23.4 Å². The van der Waals surface area contributed by atoms with Crippen LogP contribution in [0.4, 0.5) is 0 Å². The van der Waals surface area contributed by atoms with Gasteiger partial charge in [0.25, 0.3) is 0 Å². The lowest BCUT2D eigenvalue weighted by molar-refractivity contribution is -0.269. The predicted octanol–water partition coefficient (Wildman–Crippen LogP) is -0.813. The third-order valence-corrected chi connectivity index (χ3v) is 2.01. The second-order valence-corrected chi connectivity index (χ2v) is 4.05. The van der Waals surface area contributed by atoms with Gasteiger partial charge in [-0.2, -0.15) is 0 Å². The van der Waals surface area contributed by atoms with E-state index >= 15 is 0 Å². The number of hydrogen-bond acceptors (Lipinski definition) is 5. The van der Waals surface area contributed by atoms with Crippen molar-refractivity contribution in [3.05, 3.63) is 0 Å². The first-order chi connectivity index (χ1) is 4.31. The molecule has 0 aliphatic carbocycles. The second kappa shape index (κ2) is 3.02. The van der Waals surface area contributed by atoms with Crippen molar-refractivity contribution in [2.45, 2.75) is 12.2 Å². The molecule has 0 aliphatic heterocycles. The van der Waals surface area contributed by atoms with Gasteiger partial charge in [0.2, 0.25) is 0 Å². The van der Waals surface area contributed by atoms with Crippen molar-refractivity contribution >= 4 is 19.7 Å². The van der Waals surface area contributed by atoms with E-state index in [4.69, 9.17) is 10.2 Å². The van der Waals surface area contributed by atoms with E-state index in [9.17, 15) is 8.42 Å². The van der Waals surface area contributed by atoms with Gasteiger partial charge in [-0.1, -0.05) is 0 Å². The van der Waals surface area contributed by atoms with E-state index < -0.39 is 14.4 Å². The summed E-state index contributed by atoms with van der Waals surface area (Å²) in [6, 6.07) is 0. The lowest BCUT2D eigenvalue weighted by Crippen LogP contribution is -2.38. The Bertz CT molecular complexity index is 195. The molecular weight excluding hydrogens is 184 g/mol. The SMILES string of the molecule is CCOC(O)(O)S(=O)(=O)Cl. The van der Waals surface area contributed by atoms with Crippen LogP contribution in [0, 0.1) is 0 Å². The van der Waals surface area contributed by atoms with Gasteiger partial charge in [0, 0.05) is 10.7 Å². The fourth-order valence-corrected chi connectivity index (χ4v) is 0.651. The lowest BCUT2D eigenvalue weighted by Gasteiger charge is -2.15. The van der Waals surface area contributed by atoms with Crippen LogP contribution in [0.25, 0.3) is 0 Å². The van der Waals surface area contributed by atoms with Gasteiger partial charge in [-0.3, -0.25) is 0 Å². The van der Waals surface area contributed by atoms with Crippen LogP contribution in [0.3, 0.4) is 0 Å². The first-order valence-corrected chi connectivity index (χ1v) is 4.65. The summed E-state index contributed by atoms with van der Waals surface area (Å²) in [6.45, 7) is 1.22. The molecule has 2 N–H and O–H groups in total. The molecule has 7 heteroatoms. The van der Waals surface area contributed by atoms with Gasteiger partial charge in [-0.25, -0.2) is 8.42 Å². The molecule has 0 amide bonds. The van der Waals surface area contributed by atoms with Gasteiger partial charge >= 0.3 is 14.4 Å². The summed E-state index contributed by atoms with van der Waals surface area (Å²) in [5.41, 5.74) is 0. The molecule has 0 aromatic heterocycles. The molecule has 62 valence electrons. The number of aliphatic hydroxyl groups is 2. The monoisotopic (exact) mass is 190 g/mol. The average molecular weight is 191 g/mol. The average Bonchev–Trinajstić information content (AvgIpc) is 1.61. The highest BCUT2D eigenvalue weighted by atomic mass is 35.7. The minimum Gasteiger partial charge on any atom is -0.330 e. The largest absolute Gasteiger partial charge is 0.403 e. The van der Waals surface area contributed by atoms with Crippen LogP contribution in [0.5, 0.6) is 0 Å². The smallest absolute Gasteiger partial charge is 0.330 e. The molecule has 0 aromatic rings. The quantitative estimate of drug-likeness (QED) is 0.449. The molecular formula is C3H7ClO5S. The molecule has 0 aromatic carbocycles. The molecule has 0 rings (SSSR count). The predicted molar refractivity (Wildman–Crippen MR) is 33.6 cm³/mol. The van der Waals surface area contributed by atoms with Gasteiger partial charge in [0.05, 0.1) is 6.61 Å². The van der Waals surface area contributed by atoms with Gasteiger partial charge < -0.3 is 14.9 Å². The van der Waals surface area contributed by atoms with Crippen LogP contribution in [-0.2, 0) is 13.8 Å². The Morgan fingerprint density at radius 3 is 2.10 bits per heavy atom. The minimum absolute atomic E-state index is 0.168. The summed E-state index contributed by atoms with van der Waals surface area (Å²) in [4.78, 5) is 0. The van der Waals surface area contributed by atoms with E-state index in [2.05, 4.69) is 15.4 Å². The molecule has 0 aliphatic rings. The van der Waals surface area contributed by atoms with Gasteiger partial charge in [0.15, 0.2) is 0 Å².